The van der Waals surface area contributed by atoms with Crippen LogP contribution in [0.3, 0.4) is 0 Å². The SMILES string of the molecule is [B]c1nc(SC)ncc1N. The highest BCUT2D eigenvalue weighted by Crippen LogP contribution is 2.05. The molecule has 0 aliphatic carbocycles. The van der Waals surface area contributed by atoms with Crippen LogP contribution in [0, 0.1) is 0 Å². The monoisotopic (exact) mass is 151 g/mol. The van der Waals surface area contributed by atoms with Crippen LogP contribution in [0.4, 0.5) is 5.69 Å². The molecule has 0 spiro atoms. The summed E-state index contributed by atoms with van der Waals surface area (Å²) in [6.07, 6.45) is 3.39. The number of rotatable bonds is 1. The molecule has 0 unspecified atom stereocenters. The highest BCUT2D eigenvalue weighted by Gasteiger charge is 1.96. The van der Waals surface area contributed by atoms with E-state index in [2.05, 4.69) is 9.97 Å². The Morgan fingerprint density at radius 2 is 2.40 bits per heavy atom. The Balaban J connectivity index is 3.04. The zero-order valence-corrected chi connectivity index (χ0v) is 6.35. The van der Waals surface area contributed by atoms with Gasteiger partial charge in [-0.1, -0.05) is 11.8 Å². The standard InChI is InChI=1S/C5H6BN3S/c1-10-5-8-2-3(7)4(6)9-5/h2H,7H2,1H3. The zero-order chi connectivity index (χ0) is 7.56. The van der Waals surface area contributed by atoms with E-state index in [1.54, 1.807) is 0 Å². The highest BCUT2D eigenvalue weighted by atomic mass is 32.2. The molecule has 2 radical (unpaired) electrons. The smallest absolute Gasteiger partial charge is 0.186 e. The van der Waals surface area contributed by atoms with Gasteiger partial charge in [-0.3, -0.25) is 0 Å². The summed E-state index contributed by atoms with van der Waals surface area (Å²) < 4.78 is 0. The Bertz CT molecular complexity index is 240. The van der Waals surface area contributed by atoms with Crippen LogP contribution in [0.5, 0.6) is 0 Å². The third kappa shape index (κ3) is 1.41. The Labute approximate surface area is 64.9 Å². The number of anilines is 1. The maximum atomic E-state index is 5.41. The van der Waals surface area contributed by atoms with E-state index in [4.69, 9.17) is 13.6 Å². The second-order valence-electron chi connectivity index (χ2n) is 1.70. The lowest BCUT2D eigenvalue weighted by molar-refractivity contribution is 0.995. The average Bonchev–Trinajstić information content (AvgIpc) is 1.95. The van der Waals surface area contributed by atoms with Crippen LogP contribution in [0.25, 0.3) is 0 Å². The van der Waals surface area contributed by atoms with Gasteiger partial charge < -0.3 is 5.73 Å². The van der Waals surface area contributed by atoms with Crippen LogP contribution < -0.4 is 11.3 Å². The Kier molecular flexibility index (Phi) is 2.16. The van der Waals surface area contributed by atoms with Gasteiger partial charge in [-0.05, 0) is 6.26 Å². The lowest BCUT2D eigenvalue weighted by Gasteiger charge is -1.98. The number of hydrogen-bond donors (Lipinski definition) is 1. The molecule has 0 bridgehead atoms. The third-order valence-electron chi connectivity index (χ3n) is 1.01. The van der Waals surface area contributed by atoms with Crippen molar-refractivity contribution in [3.63, 3.8) is 0 Å². The summed E-state index contributed by atoms with van der Waals surface area (Å²) in [5.41, 5.74) is 6.16. The molecule has 3 nitrogen and oxygen atoms in total. The van der Waals surface area contributed by atoms with Crippen molar-refractivity contribution in [1.82, 2.24) is 9.97 Å². The summed E-state index contributed by atoms with van der Waals surface area (Å²) >= 11 is 1.43. The molecule has 2 N–H and O–H groups in total. The predicted molar refractivity (Wildman–Crippen MR) is 43.6 cm³/mol. The lowest BCUT2D eigenvalue weighted by Crippen LogP contribution is -2.15. The maximum absolute atomic E-state index is 5.41. The number of aromatic nitrogens is 2. The van der Waals surface area contributed by atoms with E-state index in [1.165, 1.54) is 18.0 Å². The second kappa shape index (κ2) is 2.92. The van der Waals surface area contributed by atoms with Gasteiger partial charge in [-0.2, -0.15) is 0 Å². The van der Waals surface area contributed by atoms with Crippen molar-refractivity contribution in [2.75, 3.05) is 12.0 Å². The third-order valence-corrected chi connectivity index (χ3v) is 1.57. The summed E-state index contributed by atoms with van der Waals surface area (Å²) in [4.78, 5) is 7.80. The minimum atomic E-state index is 0.347. The molecular weight excluding hydrogens is 145 g/mol. The molecule has 50 valence electrons. The van der Waals surface area contributed by atoms with Crippen molar-refractivity contribution in [2.45, 2.75) is 5.16 Å². The van der Waals surface area contributed by atoms with Crippen molar-refractivity contribution < 1.29 is 0 Å². The van der Waals surface area contributed by atoms with Gasteiger partial charge in [0.2, 0.25) is 0 Å². The van der Waals surface area contributed by atoms with Crippen molar-refractivity contribution in [3.8, 4) is 0 Å². The van der Waals surface area contributed by atoms with Gasteiger partial charge in [0, 0.05) is 5.59 Å². The van der Waals surface area contributed by atoms with Crippen LogP contribution in [-0.2, 0) is 0 Å². The average molecular weight is 151 g/mol. The Hall–Kier alpha value is -0.705. The molecule has 0 aliphatic rings. The Morgan fingerprint density at radius 3 is 2.90 bits per heavy atom. The Morgan fingerprint density at radius 1 is 1.70 bits per heavy atom. The van der Waals surface area contributed by atoms with Gasteiger partial charge >= 0.3 is 0 Å². The summed E-state index contributed by atoms with van der Waals surface area (Å²) in [7, 11) is 5.41. The van der Waals surface area contributed by atoms with Gasteiger partial charge in [0.05, 0.1) is 11.9 Å². The molecule has 0 fully saturated rings. The summed E-state index contributed by atoms with van der Waals surface area (Å²) in [5, 5.41) is 0.645. The van der Waals surface area contributed by atoms with E-state index in [0.717, 1.165) is 0 Å². The highest BCUT2D eigenvalue weighted by molar-refractivity contribution is 7.98. The topological polar surface area (TPSA) is 51.8 Å². The van der Waals surface area contributed by atoms with Crippen LogP contribution in [-0.4, -0.2) is 24.1 Å². The number of nitrogens with two attached hydrogens (primary N) is 1. The van der Waals surface area contributed by atoms with Crippen molar-refractivity contribution >= 4 is 30.9 Å². The number of thioether (sulfide) groups is 1. The fraction of sp³-hybridized carbons (Fsp3) is 0.200. The van der Waals surface area contributed by atoms with E-state index in [-0.39, 0.29) is 0 Å². The molecule has 0 aliphatic heterocycles. The minimum absolute atomic E-state index is 0.347. The van der Waals surface area contributed by atoms with Crippen LogP contribution in [0.15, 0.2) is 11.4 Å². The molecule has 1 aromatic heterocycles. The van der Waals surface area contributed by atoms with Gasteiger partial charge in [0.25, 0.3) is 0 Å². The van der Waals surface area contributed by atoms with Crippen molar-refractivity contribution in [2.24, 2.45) is 0 Å². The molecule has 0 atom stereocenters. The molecule has 0 saturated heterocycles. The first-order valence-corrected chi connectivity index (χ1v) is 3.88. The van der Waals surface area contributed by atoms with Crippen LogP contribution >= 0.6 is 11.8 Å². The van der Waals surface area contributed by atoms with Crippen molar-refractivity contribution in [1.29, 1.82) is 0 Å². The molecule has 0 amide bonds. The minimum Gasteiger partial charge on any atom is -0.397 e. The molecule has 0 aromatic carbocycles. The summed E-state index contributed by atoms with van der Waals surface area (Å²) in [5.74, 6) is 0. The molecule has 0 saturated carbocycles. The summed E-state index contributed by atoms with van der Waals surface area (Å²) in [6.45, 7) is 0. The number of nitrogen functional groups attached to an aromatic ring is 1. The zero-order valence-electron chi connectivity index (χ0n) is 5.53. The van der Waals surface area contributed by atoms with E-state index in [9.17, 15) is 0 Å². The normalized spacial score (nSPS) is 9.70. The maximum Gasteiger partial charge on any atom is 0.186 e. The van der Waals surface area contributed by atoms with Crippen LogP contribution in [0.2, 0.25) is 0 Å². The molecule has 5 heteroatoms. The van der Waals surface area contributed by atoms with Gasteiger partial charge in [-0.15, -0.1) is 0 Å². The lowest BCUT2D eigenvalue weighted by atomic mass is 10.0. The van der Waals surface area contributed by atoms with E-state index >= 15 is 0 Å². The van der Waals surface area contributed by atoms with Gasteiger partial charge in [-0.25, -0.2) is 9.97 Å². The fourth-order valence-corrected chi connectivity index (χ4v) is 0.833. The predicted octanol–water partition coefficient (Wildman–Crippen LogP) is -0.425. The first-order chi connectivity index (χ1) is 4.74. The van der Waals surface area contributed by atoms with E-state index < -0.39 is 0 Å². The quantitative estimate of drug-likeness (QED) is 0.336. The van der Waals surface area contributed by atoms with Gasteiger partial charge in [0.1, 0.15) is 7.85 Å². The number of nitrogens with zero attached hydrogens (tertiary/aromatic N) is 2. The first kappa shape index (κ1) is 7.40. The van der Waals surface area contributed by atoms with Crippen LogP contribution in [0.1, 0.15) is 0 Å². The van der Waals surface area contributed by atoms with E-state index in [1.807, 2.05) is 6.26 Å². The summed E-state index contributed by atoms with van der Waals surface area (Å²) in [6, 6.07) is 0. The van der Waals surface area contributed by atoms with Gasteiger partial charge in [0.15, 0.2) is 5.16 Å². The van der Waals surface area contributed by atoms with Crippen molar-refractivity contribution in [3.05, 3.63) is 6.20 Å². The largest absolute Gasteiger partial charge is 0.397 e. The second-order valence-corrected chi connectivity index (χ2v) is 2.47. The molecule has 1 rings (SSSR count). The fourth-order valence-electron chi connectivity index (χ4n) is 0.486. The first-order valence-electron chi connectivity index (χ1n) is 2.66. The molecule has 1 heterocycles. The molecule has 1 aromatic rings. The molecular formula is C5H6BN3S. The van der Waals surface area contributed by atoms with E-state index in [0.29, 0.717) is 16.4 Å². The molecule has 10 heavy (non-hydrogen) atoms. The number of hydrogen-bond acceptors (Lipinski definition) is 4.